The minimum Gasteiger partial charge on any atom is -0.462 e. The second kappa shape index (κ2) is 8.61. The molecule has 0 atom stereocenters. The summed E-state index contributed by atoms with van der Waals surface area (Å²) in [5.74, 6) is -0.917. The molecular weight excluding hydrogens is 338 g/mol. The summed E-state index contributed by atoms with van der Waals surface area (Å²) in [6.45, 7) is 2.25. The summed E-state index contributed by atoms with van der Waals surface area (Å²) in [5.41, 5.74) is 1.13. The third kappa shape index (κ3) is 4.56. The fourth-order valence-electron chi connectivity index (χ4n) is 2.21. The molecule has 0 aliphatic rings. The Bertz CT molecular complexity index is 818. The van der Waals surface area contributed by atoms with Gasteiger partial charge >= 0.3 is 5.97 Å². The number of ether oxygens (including phenoxy) is 1. The molecule has 0 aliphatic carbocycles. The maximum Gasteiger partial charge on any atom is 0.338 e. The Labute approximate surface area is 150 Å². The van der Waals surface area contributed by atoms with Crippen molar-refractivity contribution in [3.63, 3.8) is 0 Å². The lowest BCUT2D eigenvalue weighted by Crippen LogP contribution is -2.13. The van der Waals surface area contributed by atoms with Gasteiger partial charge in [-0.15, -0.1) is 0 Å². The number of nitro benzene ring substituents is 1. The van der Waals surface area contributed by atoms with Crippen LogP contribution in [-0.4, -0.2) is 30.5 Å². The van der Waals surface area contributed by atoms with Gasteiger partial charge in [0.25, 0.3) is 11.6 Å². The van der Waals surface area contributed by atoms with Crippen LogP contribution in [-0.2, 0) is 4.74 Å². The van der Waals surface area contributed by atoms with Gasteiger partial charge in [-0.05, 0) is 42.8 Å². The number of carbonyl (C=O) groups is 2. The monoisotopic (exact) mass is 357 g/mol. The highest BCUT2D eigenvalue weighted by molar-refractivity contribution is 6.05. The van der Waals surface area contributed by atoms with Gasteiger partial charge in [-0.3, -0.25) is 14.9 Å². The second-order valence-corrected chi connectivity index (χ2v) is 5.41. The molecule has 26 heavy (non-hydrogen) atoms. The van der Waals surface area contributed by atoms with Crippen molar-refractivity contribution in [3.05, 3.63) is 63.7 Å². The molecule has 8 heteroatoms. The van der Waals surface area contributed by atoms with Crippen LogP contribution in [0.5, 0.6) is 0 Å². The third-order valence-electron chi connectivity index (χ3n) is 3.54. The van der Waals surface area contributed by atoms with Crippen LogP contribution in [0.25, 0.3) is 0 Å². The molecular formula is C18H19N3O5. The van der Waals surface area contributed by atoms with Gasteiger partial charge in [0.15, 0.2) is 0 Å². The van der Waals surface area contributed by atoms with Crippen molar-refractivity contribution in [2.24, 2.45) is 0 Å². The molecule has 1 amide bonds. The van der Waals surface area contributed by atoms with E-state index in [1.807, 2.05) is 6.92 Å². The fraction of sp³-hybridized carbons (Fsp3) is 0.222. The smallest absolute Gasteiger partial charge is 0.338 e. The summed E-state index contributed by atoms with van der Waals surface area (Å²) in [7, 11) is 1.56. The largest absolute Gasteiger partial charge is 0.462 e. The number of nitrogens with zero attached hydrogens (tertiary/aromatic N) is 1. The predicted octanol–water partition coefficient (Wildman–Crippen LogP) is 3.46. The number of nitrogens with one attached hydrogen (secondary N) is 2. The molecule has 0 aliphatic heterocycles. The molecule has 0 unspecified atom stereocenters. The van der Waals surface area contributed by atoms with E-state index in [-0.39, 0.29) is 11.3 Å². The topological polar surface area (TPSA) is 111 Å². The van der Waals surface area contributed by atoms with Crippen molar-refractivity contribution in [2.45, 2.75) is 13.3 Å². The van der Waals surface area contributed by atoms with Crippen LogP contribution in [0.2, 0.25) is 0 Å². The van der Waals surface area contributed by atoms with Crippen LogP contribution in [0.15, 0.2) is 42.5 Å². The highest BCUT2D eigenvalue weighted by atomic mass is 16.6. The van der Waals surface area contributed by atoms with Gasteiger partial charge in [-0.25, -0.2) is 4.79 Å². The Morgan fingerprint density at radius 3 is 2.35 bits per heavy atom. The number of nitro groups is 1. The van der Waals surface area contributed by atoms with Crippen molar-refractivity contribution in [2.75, 3.05) is 24.3 Å². The first-order valence-corrected chi connectivity index (χ1v) is 8.01. The molecule has 2 aromatic rings. The number of esters is 1. The molecule has 0 spiro atoms. The van der Waals surface area contributed by atoms with E-state index < -0.39 is 16.8 Å². The average Bonchev–Trinajstić information content (AvgIpc) is 2.65. The molecule has 0 heterocycles. The molecule has 136 valence electrons. The van der Waals surface area contributed by atoms with Gasteiger partial charge in [0.05, 0.1) is 17.1 Å². The fourth-order valence-corrected chi connectivity index (χ4v) is 2.21. The number of anilines is 2. The molecule has 0 radical (unpaired) electrons. The Hall–Kier alpha value is -3.42. The maximum atomic E-state index is 12.3. The van der Waals surface area contributed by atoms with E-state index in [2.05, 4.69) is 10.6 Å². The third-order valence-corrected chi connectivity index (χ3v) is 3.54. The average molecular weight is 357 g/mol. The van der Waals surface area contributed by atoms with Crippen LogP contribution in [0.4, 0.5) is 17.1 Å². The van der Waals surface area contributed by atoms with Crippen molar-refractivity contribution < 1.29 is 19.2 Å². The minimum atomic E-state index is -0.556. The quantitative estimate of drug-likeness (QED) is 0.446. The van der Waals surface area contributed by atoms with E-state index in [0.717, 1.165) is 6.42 Å². The Morgan fingerprint density at radius 2 is 1.77 bits per heavy atom. The summed E-state index contributed by atoms with van der Waals surface area (Å²) in [5, 5.41) is 16.4. The van der Waals surface area contributed by atoms with Crippen molar-refractivity contribution >= 4 is 28.9 Å². The van der Waals surface area contributed by atoms with Gasteiger partial charge in [0.2, 0.25) is 0 Å². The zero-order chi connectivity index (χ0) is 19.1. The van der Waals surface area contributed by atoms with E-state index in [0.29, 0.717) is 23.5 Å². The van der Waals surface area contributed by atoms with Gasteiger partial charge in [0.1, 0.15) is 5.69 Å². The Kier molecular flexibility index (Phi) is 6.26. The van der Waals surface area contributed by atoms with Crippen LogP contribution in [0.3, 0.4) is 0 Å². The van der Waals surface area contributed by atoms with E-state index in [1.54, 1.807) is 31.3 Å². The van der Waals surface area contributed by atoms with Crippen LogP contribution in [0.1, 0.15) is 34.1 Å². The lowest BCUT2D eigenvalue weighted by molar-refractivity contribution is -0.384. The molecule has 2 rings (SSSR count). The van der Waals surface area contributed by atoms with Gasteiger partial charge in [0, 0.05) is 24.4 Å². The number of hydrogen-bond acceptors (Lipinski definition) is 6. The lowest BCUT2D eigenvalue weighted by Gasteiger charge is -2.08. The number of carbonyl (C=O) groups excluding carboxylic acids is 2. The van der Waals surface area contributed by atoms with Crippen molar-refractivity contribution in [1.82, 2.24) is 0 Å². The highest BCUT2D eigenvalue weighted by Crippen LogP contribution is 2.25. The zero-order valence-corrected chi connectivity index (χ0v) is 14.4. The first-order chi connectivity index (χ1) is 12.5. The van der Waals surface area contributed by atoms with Gasteiger partial charge in [-0.1, -0.05) is 6.92 Å². The van der Waals surface area contributed by atoms with Crippen molar-refractivity contribution in [3.8, 4) is 0 Å². The molecule has 8 nitrogen and oxygen atoms in total. The molecule has 0 aromatic heterocycles. The van der Waals surface area contributed by atoms with Crippen molar-refractivity contribution in [1.29, 1.82) is 0 Å². The van der Waals surface area contributed by atoms with E-state index in [1.165, 1.54) is 18.2 Å². The Morgan fingerprint density at radius 1 is 1.12 bits per heavy atom. The predicted molar refractivity (Wildman–Crippen MR) is 97.6 cm³/mol. The molecule has 2 aromatic carbocycles. The molecule has 2 N–H and O–H groups in total. The molecule has 0 saturated heterocycles. The summed E-state index contributed by atoms with van der Waals surface area (Å²) in [6, 6.07) is 10.4. The SMILES string of the molecule is CCCOC(=O)c1ccc(NC(=O)c2ccc(NC)c([N+](=O)[O-])c2)cc1. The summed E-state index contributed by atoms with van der Waals surface area (Å²) >= 11 is 0. The van der Waals surface area contributed by atoms with E-state index in [9.17, 15) is 19.7 Å². The first-order valence-electron chi connectivity index (χ1n) is 8.01. The van der Waals surface area contributed by atoms with E-state index >= 15 is 0 Å². The summed E-state index contributed by atoms with van der Waals surface area (Å²) < 4.78 is 5.03. The summed E-state index contributed by atoms with van der Waals surface area (Å²) in [6.07, 6.45) is 0.734. The molecule has 0 fully saturated rings. The lowest BCUT2D eigenvalue weighted by atomic mass is 10.1. The summed E-state index contributed by atoms with van der Waals surface area (Å²) in [4.78, 5) is 34.6. The minimum absolute atomic E-state index is 0.155. The normalized spacial score (nSPS) is 10.1. The zero-order valence-electron chi connectivity index (χ0n) is 14.4. The maximum absolute atomic E-state index is 12.3. The van der Waals surface area contributed by atoms with Crippen LogP contribution >= 0.6 is 0 Å². The molecule has 0 bridgehead atoms. The number of rotatable bonds is 7. The second-order valence-electron chi connectivity index (χ2n) is 5.41. The van der Waals surface area contributed by atoms with Crippen LogP contribution in [0, 0.1) is 10.1 Å². The number of amides is 1. The Balaban J connectivity index is 2.11. The van der Waals surface area contributed by atoms with Gasteiger partial charge < -0.3 is 15.4 Å². The number of hydrogen-bond donors (Lipinski definition) is 2. The molecule has 0 saturated carbocycles. The van der Waals surface area contributed by atoms with Gasteiger partial charge in [-0.2, -0.15) is 0 Å². The standard InChI is InChI=1S/C18H19N3O5/c1-3-10-26-18(23)12-4-7-14(8-5-12)20-17(22)13-6-9-15(19-2)16(11-13)21(24)25/h4-9,11,19H,3,10H2,1-2H3,(H,20,22). The van der Waals surface area contributed by atoms with E-state index in [4.69, 9.17) is 4.74 Å². The number of benzene rings is 2. The first kappa shape index (κ1) is 18.9. The van der Waals surface area contributed by atoms with Crippen LogP contribution < -0.4 is 10.6 Å². The highest BCUT2D eigenvalue weighted by Gasteiger charge is 2.17.